The Bertz CT molecular complexity index is 1690. The second kappa shape index (κ2) is 11.3. The first-order valence-corrected chi connectivity index (χ1v) is 11.6. The number of anilines is 3. The van der Waals surface area contributed by atoms with Gasteiger partial charge in [-0.1, -0.05) is 16.0 Å². The van der Waals surface area contributed by atoms with Crippen LogP contribution in [0.5, 0.6) is 0 Å². The number of benzene rings is 2. The van der Waals surface area contributed by atoms with Gasteiger partial charge in [-0.15, -0.1) is 11.3 Å². The molecule has 15 heteroatoms. The number of nitrogens with one attached hydrogen (secondary N) is 2. The van der Waals surface area contributed by atoms with Crippen molar-refractivity contribution in [3.8, 4) is 5.69 Å². The van der Waals surface area contributed by atoms with Gasteiger partial charge in [-0.25, -0.2) is 18.5 Å². The van der Waals surface area contributed by atoms with Crippen molar-refractivity contribution in [2.75, 3.05) is 17.3 Å². The van der Waals surface area contributed by atoms with Gasteiger partial charge in [-0.05, 0) is 48.5 Å². The zero-order chi connectivity index (χ0) is 24.6. The Labute approximate surface area is 249 Å². The molecule has 0 spiro atoms. The number of aromatic nitrogens is 2. The molecule has 0 radical (unpaired) electrons. The Kier molecular flexibility index (Phi) is 8.82. The maximum atomic E-state index is 14.2. The fourth-order valence-corrected chi connectivity index (χ4v) is 4.53. The number of carbonyl (C=O) groups excluding carboxylic acids is 1. The minimum absolute atomic E-state index is 0. The molecule has 0 aliphatic rings. The molecular weight excluding hydrogens is 548 g/mol. The number of urea groups is 1. The zero-order valence-electron chi connectivity index (χ0n) is 17.1. The standard InChI is InChI=1S/C20H13ClFN5O5S2.K.H/c1-23-15-9-14-12(8-13(15)22)18(28)27(19(29)24-14)11-4-2-10(3-5-11)26(20(30)25-34(31)32)17-7-6-16(21)33-17;;/h2-9,23H,1H3,(H,24,29);;. The predicted octanol–water partition coefficient (Wildman–Crippen LogP) is 3.25. The molecule has 10 nitrogen and oxygen atoms in total. The summed E-state index contributed by atoms with van der Waals surface area (Å²) in [5.74, 6) is -0.663. The summed E-state index contributed by atoms with van der Waals surface area (Å²) in [6, 6.07) is 9.83. The van der Waals surface area contributed by atoms with Crippen LogP contribution in [0, 0.1) is 5.82 Å². The van der Waals surface area contributed by atoms with E-state index in [9.17, 15) is 27.2 Å². The average Bonchev–Trinajstić information content (AvgIpc) is 3.20. The van der Waals surface area contributed by atoms with E-state index in [-0.39, 0.29) is 79.3 Å². The Hall–Kier alpha value is -2.17. The molecule has 0 unspecified atom stereocenters. The Morgan fingerprint density at radius 2 is 1.86 bits per heavy atom. The third-order valence-corrected chi connectivity index (χ3v) is 6.27. The van der Waals surface area contributed by atoms with Gasteiger partial charge in [0.15, 0.2) is 0 Å². The number of thiophene rings is 1. The average molecular weight is 562 g/mol. The van der Waals surface area contributed by atoms with Crippen molar-refractivity contribution in [1.29, 1.82) is 0 Å². The Balaban J connectivity index is 0.00000342. The Morgan fingerprint density at radius 3 is 2.43 bits per heavy atom. The number of hydrogen-bond donors (Lipinski definition) is 2. The van der Waals surface area contributed by atoms with Crippen molar-refractivity contribution < 1.29 is 17.6 Å². The SMILES string of the molecule is CNc1cc2[nH]c(=O)n(-c3ccc(N(C(=O)N=S(=O)=O)c4ccc(Cl)s4)cc3)c(=O)c2cc1F.[KH]. The molecule has 2 N–H and O–H groups in total. The summed E-state index contributed by atoms with van der Waals surface area (Å²) < 4.78 is 40.2. The van der Waals surface area contributed by atoms with Crippen LogP contribution in [0.1, 0.15) is 0 Å². The first-order chi connectivity index (χ1) is 16.2. The van der Waals surface area contributed by atoms with Crippen LogP contribution in [0.3, 0.4) is 0 Å². The van der Waals surface area contributed by atoms with Crippen molar-refractivity contribution in [2.24, 2.45) is 4.36 Å². The normalized spacial score (nSPS) is 10.5. The van der Waals surface area contributed by atoms with E-state index >= 15 is 0 Å². The van der Waals surface area contributed by atoms with Crippen LogP contribution in [-0.4, -0.2) is 82.4 Å². The third kappa shape index (κ3) is 5.64. The number of carbonyl (C=O) groups is 1. The zero-order valence-corrected chi connectivity index (χ0v) is 19.5. The molecule has 2 aromatic heterocycles. The molecule has 35 heavy (non-hydrogen) atoms. The fraction of sp³-hybridized carbons (Fsp3) is 0.0500. The molecule has 4 aromatic rings. The summed E-state index contributed by atoms with van der Waals surface area (Å²) in [4.78, 5) is 41.6. The summed E-state index contributed by atoms with van der Waals surface area (Å²) in [6.45, 7) is 0. The number of hydrogen-bond acceptors (Lipinski definition) is 7. The number of halogens is 2. The van der Waals surface area contributed by atoms with Gasteiger partial charge in [0.05, 0.1) is 32.3 Å². The van der Waals surface area contributed by atoms with Crippen molar-refractivity contribution in [1.82, 2.24) is 9.55 Å². The first kappa shape index (κ1) is 27.4. The van der Waals surface area contributed by atoms with Gasteiger partial charge < -0.3 is 10.3 Å². The molecule has 0 fully saturated rings. The molecule has 0 atom stereocenters. The number of fused-ring (bicyclic) bond motifs is 1. The minimum atomic E-state index is -2.99. The van der Waals surface area contributed by atoms with E-state index in [4.69, 9.17) is 11.6 Å². The quantitative estimate of drug-likeness (QED) is 0.367. The fourth-order valence-electron chi connectivity index (χ4n) is 3.28. The van der Waals surface area contributed by atoms with E-state index in [0.29, 0.717) is 9.34 Å². The molecule has 176 valence electrons. The van der Waals surface area contributed by atoms with Gasteiger partial charge in [-0.3, -0.25) is 9.69 Å². The van der Waals surface area contributed by atoms with Crippen LogP contribution >= 0.6 is 22.9 Å². The van der Waals surface area contributed by atoms with Gasteiger partial charge >= 0.3 is 73.6 Å². The number of rotatable bonds is 4. The molecule has 2 amide bonds. The second-order valence-corrected chi connectivity index (χ2v) is 9.03. The molecular formula is C20H14ClFKN5O5S2. The van der Waals surface area contributed by atoms with E-state index < -0.39 is 33.6 Å². The van der Waals surface area contributed by atoms with E-state index in [0.717, 1.165) is 26.9 Å². The number of amides is 2. The molecule has 0 bridgehead atoms. The molecule has 2 heterocycles. The van der Waals surface area contributed by atoms with E-state index in [1.807, 2.05) is 0 Å². The van der Waals surface area contributed by atoms with Gasteiger partial charge in [-0.2, -0.15) is 8.42 Å². The van der Waals surface area contributed by atoms with Gasteiger partial charge in [0.25, 0.3) is 5.56 Å². The van der Waals surface area contributed by atoms with Crippen LogP contribution in [0.15, 0.2) is 62.5 Å². The molecule has 0 aliphatic carbocycles. The van der Waals surface area contributed by atoms with Gasteiger partial charge in [0.2, 0.25) is 0 Å². The third-order valence-electron chi connectivity index (χ3n) is 4.74. The van der Waals surface area contributed by atoms with Crippen molar-refractivity contribution in [2.45, 2.75) is 0 Å². The van der Waals surface area contributed by atoms with Gasteiger partial charge in [0, 0.05) is 7.05 Å². The molecule has 0 aliphatic heterocycles. The summed E-state index contributed by atoms with van der Waals surface area (Å²) in [6.07, 6.45) is 0. The monoisotopic (exact) mass is 561 g/mol. The van der Waals surface area contributed by atoms with E-state index in [1.54, 1.807) is 0 Å². The molecule has 0 saturated heterocycles. The summed E-state index contributed by atoms with van der Waals surface area (Å²) >= 11 is 6.96. The van der Waals surface area contributed by atoms with Crippen molar-refractivity contribution >= 4 is 118 Å². The van der Waals surface area contributed by atoms with Crippen LogP contribution in [0.25, 0.3) is 16.6 Å². The number of aromatic amines is 1. The van der Waals surface area contributed by atoms with E-state index in [1.165, 1.54) is 49.5 Å². The maximum absolute atomic E-state index is 14.2. The molecule has 4 rings (SSSR count). The molecule has 0 saturated carbocycles. The Morgan fingerprint density at radius 1 is 1.17 bits per heavy atom. The predicted molar refractivity (Wildman–Crippen MR) is 135 cm³/mol. The van der Waals surface area contributed by atoms with Crippen molar-refractivity contribution in [3.63, 3.8) is 0 Å². The number of H-pyrrole nitrogens is 1. The summed E-state index contributed by atoms with van der Waals surface area (Å²) in [5, 5.41) is 2.89. The first-order valence-electron chi connectivity index (χ1n) is 9.37. The van der Waals surface area contributed by atoms with Crippen LogP contribution in [0.4, 0.5) is 25.6 Å². The van der Waals surface area contributed by atoms with Crippen molar-refractivity contribution in [3.05, 3.63) is 79.5 Å². The van der Waals surface area contributed by atoms with Crippen LogP contribution in [0.2, 0.25) is 4.34 Å². The summed E-state index contributed by atoms with van der Waals surface area (Å²) in [5.41, 5.74) is -0.886. The van der Waals surface area contributed by atoms with Crippen LogP contribution < -0.4 is 21.5 Å². The van der Waals surface area contributed by atoms with Crippen LogP contribution in [-0.2, 0) is 10.5 Å². The van der Waals surface area contributed by atoms with Gasteiger partial charge in [0.1, 0.15) is 10.8 Å². The van der Waals surface area contributed by atoms with E-state index in [2.05, 4.69) is 14.7 Å². The summed E-state index contributed by atoms with van der Waals surface area (Å²) in [7, 11) is -1.48. The topological polar surface area (TPSA) is 134 Å². The number of nitrogens with zero attached hydrogens (tertiary/aromatic N) is 3. The second-order valence-electron chi connectivity index (χ2n) is 6.72. The molecule has 2 aromatic carbocycles.